The van der Waals surface area contributed by atoms with Crippen LogP contribution in [-0.4, -0.2) is 33.0 Å². The highest BCUT2D eigenvalue weighted by molar-refractivity contribution is 7.91. The van der Waals surface area contributed by atoms with Crippen molar-refractivity contribution in [1.82, 2.24) is 0 Å². The van der Waals surface area contributed by atoms with Crippen molar-refractivity contribution in [2.75, 3.05) is 29.5 Å². The number of benzene rings is 1. The van der Waals surface area contributed by atoms with Crippen molar-refractivity contribution in [2.45, 2.75) is 6.92 Å². The molecule has 2 rings (SSSR count). The predicted octanol–water partition coefficient (Wildman–Crippen LogP) is 1.51. The van der Waals surface area contributed by atoms with Crippen LogP contribution in [0.1, 0.15) is 5.56 Å². The predicted molar refractivity (Wildman–Crippen MR) is 62.0 cm³/mol. The molecule has 0 unspecified atom stereocenters. The maximum Gasteiger partial charge on any atom is 0.153 e. The fourth-order valence-corrected chi connectivity index (χ4v) is 3.13. The number of halogens is 2. The topological polar surface area (TPSA) is 37.4 Å². The number of hydrogen-bond donors (Lipinski definition) is 0. The van der Waals surface area contributed by atoms with Crippen molar-refractivity contribution in [3.63, 3.8) is 0 Å². The maximum atomic E-state index is 13.7. The van der Waals surface area contributed by atoms with Gasteiger partial charge in [-0.15, -0.1) is 0 Å². The molecule has 0 N–H and O–H groups in total. The SMILES string of the molecule is Cc1cc(F)c(N2CCS(=O)(=O)CC2)c(F)c1. The van der Waals surface area contributed by atoms with Gasteiger partial charge in [-0.05, 0) is 24.6 Å². The van der Waals surface area contributed by atoms with Crippen molar-refractivity contribution in [3.05, 3.63) is 29.3 Å². The monoisotopic (exact) mass is 261 g/mol. The summed E-state index contributed by atoms with van der Waals surface area (Å²) in [7, 11) is -3.04. The van der Waals surface area contributed by atoms with E-state index < -0.39 is 21.5 Å². The summed E-state index contributed by atoms with van der Waals surface area (Å²) < 4.78 is 49.8. The second kappa shape index (κ2) is 4.25. The molecule has 0 saturated carbocycles. The summed E-state index contributed by atoms with van der Waals surface area (Å²) in [6.45, 7) is 1.88. The van der Waals surface area contributed by atoms with E-state index in [2.05, 4.69) is 0 Å². The van der Waals surface area contributed by atoms with Gasteiger partial charge >= 0.3 is 0 Å². The lowest BCUT2D eigenvalue weighted by molar-refractivity contribution is 0.560. The first-order valence-electron chi connectivity index (χ1n) is 5.30. The lowest BCUT2D eigenvalue weighted by atomic mass is 10.2. The third-order valence-electron chi connectivity index (χ3n) is 2.82. The Balaban J connectivity index is 2.30. The Morgan fingerprint density at radius 2 is 1.59 bits per heavy atom. The molecule has 0 radical (unpaired) electrons. The first kappa shape index (κ1) is 12.3. The van der Waals surface area contributed by atoms with E-state index in [1.165, 1.54) is 17.0 Å². The van der Waals surface area contributed by atoms with E-state index in [1.807, 2.05) is 0 Å². The van der Waals surface area contributed by atoms with E-state index in [1.54, 1.807) is 6.92 Å². The van der Waals surface area contributed by atoms with Crippen LogP contribution >= 0.6 is 0 Å². The first-order valence-corrected chi connectivity index (χ1v) is 7.12. The molecule has 1 aromatic carbocycles. The molecule has 1 aliphatic heterocycles. The highest BCUT2D eigenvalue weighted by Crippen LogP contribution is 2.26. The Morgan fingerprint density at radius 1 is 1.12 bits per heavy atom. The van der Waals surface area contributed by atoms with E-state index in [-0.39, 0.29) is 30.3 Å². The van der Waals surface area contributed by atoms with Crippen LogP contribution < -0.4 is 4.90 Å². The van der Waals surface area contributed by atoms with E-state index in [4.69, 9.17) is 0 Å². The minimum Gasteiger partial charge on any atom is -0.365 e. The number of sulfone groups is 1. The second-order valence-corrected chi connectivity index (χ2v) is 6.52. The Hall–Kier alpha value is -1.17. The fraction of sp³-hybridized carbons (Fsp3) is 0.455. The average molecular weight is 261 g/mol. The van der Waals surface area contributed by atoms with Crippen molar-refractivity contribution in [2.24, 2.45) is 0 Å². The highest BCUT2D eigenvalue weighted by Gasteiger charge is 2.25. The number of hydrogen-bond acceptors (Lipinski definition) is 3. The normalized spacial score (nSPS) is 19.4. The average Bonchev–Trinajstić information content (AvgIpc) is 2.19. The molecule has 0 aliphatic carbocycles. The van der Waals surface area contributed by atoms with Crippen molar-refractivity contribution < 1.29 is 17.2 Å². The van der Waals surface area contributed by atoms with Crippen LogP contribution in [0.2, 0.25) is 0 Å². The lowest BCUT2D eigenvalue weighted by Crippen LogP contribution is -2.41. The van der Waals surface area contributed by atoms with Gasteiger partial charge < -0.3 is 4.90 Å². The summed E-state index contributed by atoms with van der Waals surface area (Å²) in [4.78, 5) is 1.45. The van der Waals surface area contributed by atoms with E-state index in [9.17, 15) is 17.2 Å². The summed E-state index contributed by atoms with van der Waals surface area (Å²) in [5.74, 6) is -1.39. The Kier molecular flexibility index (Phi) is 3.07. The summed E-state index contributed by atoms with van der Waals surface area (Å²) in [5.41, 5.74) is 0.388. The van der Waals surface area contributed by atoms with Gasteiger partial charge in [0.25, 0.3) is 0 Å². The summed E-state index contributed by atoms with van der Waals surface area (Å²) in [6, 6.07) is 2.50. The molecule has 1 aromatic rings. The standard InChI is InChI=1S/C11H13F2NO2S/c1-8-6-9(12)11(10(13)7-8)14-2-4-17(15,16)5-3-14/h6-7H,2-5H2,1H3. The molecule has 6 heteroatoms. The summed E-state index contributed by atoms with van der Waals surface area (Å²) in [5, 5.41) is 0. The molecule has 0 spiro atoms. The molecule has 0 atom stereocenters. The van der Waals surface area contributed by atoms with Crippen LogP contribution in [0.5, 0.6) is 0 Å². The quantitative estimate of drug-likeness (QED) is 0.769. The van der Waals surface area contributed by atoms with E-state index >= 15 is 0 Å². The Labute approximate surface area is 99.0 Å². The van der Waals surface area contributed by atoms with Gasteiger partial charge in [-0.2, -0.15) is 0 Å². The lowest BCUT2D eigenvalue weighted by Gasteiger charge is -2.29. The van der Waals surface area contributed by atoms with Crippen LogP contribution in [-0.2, 0) is 9.84 Å². The molecule has 1 heterocycles. The number of rotatable bonds is 1. The van der Waals surface area contributed by atoms with Crippen LogP contribution in [0, 0.1) is 18.6 Å². The molecule has 0 aromatic heterocycles. The molecular formula is C11H13F2NO2S. The third-order valence-corrected chi connectivity index (χ3v) is 4.43. The zero-order valence-corrected chi connectivity index (χ0v) is 10.2. The second-order valence-electron chi connectivity index (χ2n) is 4.22. The highest BCUT2D eigenvalue weighted by atomic mass is 32.2. The molecular weight excluding hydrogens is 248 g/mol. The van der Waals surface area contributed by atoms with E-state index in [0.29, 0.717) is 5.56 Å². The third kappa shape index (κ3) is 2.57. The molecule has 94 valence electrons. The maximum absolute atomic E-state index is 13.7. The minimum absolute atomic E-state index is 0.0558. The van der Waals surface area contributed by atoms with Gasteiger partial charge in [-0.1, -0.05) is 0 Å². The molecule has 1 aliphatic rings. The zero-order chi connectivity index (χ0) is 12.6. The van der Waals surface area contributed by atoms with Gasteiger partial charge in [0.1, 0.15) is 17.3 Å². The molecule has 1 fully saturated rings. The van der Waals surface area contributed by atoms with Gasteiger partial charge in [-0.25, -0.2) is 17.2 Å². The zero-order valence-electron chi connectivity index (χ0n) is 9.41. The van der Waals surface area contributed by atoms with Gasteiger partial charge in [0.05, 0.1) is 11.5 Å². The van der Waals surface area contributed by atoms with Gasteiger partial charge in [0.2, 0.25) is 0 Å². The molecule has 1 saturated heterocycles. The number of aryl methyl sites for hydroxylation is 1. The van der Waals surface area contributed by atoms with Crippen molar-refractivity contribution in [3.8, 4) is 0 Å². The van der Waals surface area contributed by atoms with Gasteiger partial charge in [0.15, 0.2) is 9.84 Å². The number of anilines is 1. The van der Waals surface area contributed by atoms with Crippen LogP contribution in [0.15, 0.2) is 12.1 Å². The number of nitrogens with zero attached hydrogens (tertiary/aromatic N) is 1. The Morgan fingerprint density at radius 3 is 2.06 bits per heavy atom. The first-order chi connectivity index (χ1) is 7.89. The van der Waals surface area contributed by atoms with Crippen LogP contribution in [0.3, 0.4) is 0 Å². The van der Waals surface area contributed by atoms with Crippen molar-refractivity contribution >= 4 is 15.5 Å². The minimum atomic E-state index is -3.04. The molecule has 3 nitrogen and oxygen atoms in total. The molecule has 0 bridgehead atoms. The van der Waals surface area contributed by atoms with Crippen molar-refractivity contribution in [1.29, 1.82) is 0 Å². The van der Waals surface area contributed by atoms with Crippen LogP contribution in [0.25, 0.3) is 0 Å². The summed E-state index contributed by atoms with van der Waals surface area (Å²) >= 11 is 0. The van der Waals surface area contributed by atoms with Gasteiger partial charge in [-0.3, -0.25) is 0 Å². The van der Waals surface area contributed by atoms with Crippen LogP contribution in [0.4, 0.5) is 14.5 Å². The Bertz CT molecular complexity index is 505. The largest absolute Gasteiger partial charge is 0.365 e. The molecule has 0 amide bonds. The summed E-state index contributed by atoms with van der Waals surface area (Å²) in [6.07, 6.45) is 0. The van der Waals surface area contributed by atoms with E-state index in [0.717, 1.165) is 0 Å². The smallest absolute Gasteiger partial charge is 0.153 e. The fourth-order valence-electron chi connectivity index (χ4n) is 1.93. The van der Waals surface area contributed by atoms with Gasteiger partial charge in [0, 0.05) is 13.1 Å². The molecule has 17 heavy (non-hydrogen) atoms.